The van der Waals surface area contributed by atoms with Crippen LogP contribution in [0.5, 0.6) is 5.75 Å². The predicted molar refractivity (Wildman–Crippen MR) is 72.7 cm³/mol. The molecule has 0 N–H and O–H groups in total. The first-order valence-corrected chi connectivity index (χ1v) is 3.89. The first-order chi connectivity index (χ1) is 6.19. The van der Waals surface area contributed by atoms with Crippen LogP contribution in [-0.4, -0.2) is 21.2 Å². The smallest absolute Gasteiger partial charge is 0.495 e. The van der Waals surface area contributed by atoms with Gasteiger partial charge in [-0.05, 0) is 6.07 Å². The Morgan fingerprint density at radius 3 is 2.19 bits per heavy atom. The molecule has 1 rings (SSSR count). The molecule has 16 heavy (non-hydrogen) atoms. The number of ether oxygens (including phenoxy) is 1. The van der Waals surface area contributed by atoms with Gasteiger partial charge in [0.2, 0.25) is 5.39 Å². The number of rotatable bonds is 2. The van der Waals surface area contributed by atoms with Crippen LogP contribution < -0.4 is 9.64 Å². The molecule has 0 aliphatic carbocycles. The fraction of sp³-hybridized carbons (Fsp3) is 0.333. The van der Waals surface area contributed by atoms with E-state index in [-0.39, 0.29) is 53.4 Å². The Hall–Kier alpha value is -0.177. The molecule has 0 saturated carbocycles. The van der Waals surface area contributed by atoms with E-state index in [1.54, 1.807) is 25.3 Å². The van der Waals surface area contributed by atoms with Crippen LogP contribution in [0, 0.1) is 5.39 Å². The molecule has 4 nitrogen and oxygen atoms in total. The number of hydrogen-bond donors (Lipinski definition) is 0. The molecule has 0 heterocycles. The minimum absolute atomic E-state index is 0. The van der Waals surface area contributed by atoms with Crippen molar-refractivity contribution in [3.63, 3.8) is 0 Å². The van der Waals surface area contributed by atoms with E-state index < -0.39 is 0 Å². The van der Waals surface area contributed by atoms with Gasteiger partial charge in [-0.2, -0.15) is 0 Å². The van der Waals surface area contributed by atoms with Crippen molar-refractivity contribution < 1.29 is 24.2 Å². The van der Waals surface area contributed by atoms with E-state index in [2.05, 4.69) is 4.98 Å². The molecule has 0 aromatic heterocycles. The summed E-state index contributed by atoms with van der Waals surface area (Å²) >= 11 is 0. The van der Waals surface area contributed by atoms with E-state index >= 15 is 0 Å². The van der Waals surface area contributed by atoms with E-state index in [0.29, 0.717) is 5.69 Å². The van der Waals surface area contributed by atoms with Gasteiger partial charge in [-0.1, -0.05) is 0 Å². The maximum atomic E-state index is 8.57. The summed E-state index contributed by atoms with van der Waals surface area (Å²) in [6.45, 7) is 0. The van der Waals surface area contributed by atoms with Gasteiger partial charge in [0.05, 0.1) is 18.9 Å². The largest absolute Gasteiger partial charge is 2.00 e. The minimum atomic E-state index is 0. The third-order valence-electron chi connectivity index (χ3n) is 1.76. The van der Waals surface area contributed by atoms with Crippen LogP contribution in [-0.2, 0) is 19.5 Å². The van der Waals surface area contributed by atoms with Crippen molar-refractivity contribution in [2.75, 3.05) is 26.1 Å². The molecule has 7 heteroatoms. The number of diazo groups is 1. The summed E-state index contributed by atoms with van der Waals surface area (Å²) < 4.78 is 5.14. The van der Waals surface area contributed by atoms with Crippen LogP contribution in [0.4, 0.5) is 11.4 Å². The van der Waals surface area contributed by atoms with Crippen LogP contribution in [0.2, 0.25) is 0 Å². The number of benzene rings is 1. The van der Waals surface area contributed by atoms with Crippen LogP contribution in [0.1, 0.15) is 0 Å². The fourth-order valence-electron chi connectivity index (χ4n) is 1.09. The molecule has 1 aromatic carbocycles. The first-order valence-electron chi connectivity index (χ1n) is 3.89. The Bertz CT molecular complexity index is 355. The molecule has 0 bridgehead atoms. The molecular weight excluding hydrogens is 391 g/mol. The van der Waals surface area contributed by atoms with Gasteiger partial charge in [0, 0.05) is 20.2 Å². The number of halogens is 2. The summed E-state index contributed by atoms with van der Waals surface area (Å²) in [6.07, 6.45) is 0. The summed E-state index contributed by atoms with van der Waals surface area (Å²) in [4.78, 5) is 5.00. The number of methoxy groups -OCH3 is 1. The Balaban J connectivity index is -0.000000563. The van der Waals surface area contributed by atoms with Crippen molar-refractivity contribution in [3.05, 3.63) is 23.2 Å². The Kier molecular flexibility index (Phi) is 13.2. The molecule has 0 unspecified atom stereocenters. The monoisotopic (exact) mass is 402 g/mol. The molecule has 0 atom stereocenters. The SMILES string of the molecule is Br.Br.COc1ccc([N+]#N)cc1N(C)C.[Zn+2]. The molecule has 0 radical (unpaired) electrons. The zero-order valence-electron chi connectivity index (χ0n) is 9.51. The topological polar surface area (TPSA) is 40.6 Å². The van der Waals surface area contributed by atoms with Crippen molar-refractivity contribution in [3.8, 4) is 5.75 Å². The van der Waals surface area contributed by atoms with Crippen molar-refractivity contribution >= 4 is 45.3 Å². The molecule has 0 saturated heterocycles. The quantitative estimate of drug-likeness (QED) is 0.559. The molecule has 0 fully saturated rings. The van der Waals surface area contributed by atoms with E-state index in [1.165, 1.54) is 0 Å². The third-order valence-corrected chi connectivity index (χ3v) is 1.76. The summed E-state index contributed by atoms with van der Waals surface area (Å²) in [5.74, 6) is 0.761. The summed E-state index contributed by atoms with van der Waals surface area (Å²) in [5.41, 5.74) is 1.40. The molecule has 0 aliphatic heterocycles. The second kappa shape index (κ2) is 10.0. The van der Waals surface area contributed by atoms with Crippen molar-refractivity contribution in [2.45, 2.75) is 0 Å². The van der Waals surface area contributed by atoms with Gasteiger partial charge in [-0.15, -0.1) is 34.0 Å². The van der Waals surface area contributed by atoms with Gasteiger partial charge in [0.25, 0.3) is 0 Å². The van der Waals surface area contributed by atoms with Crippen molar-refractivity contribution in [1.82, 2.24) is 0 Å². The molecule has 0 aliphatic rings. The van der Waals surface area contributed by atoms with Crippen LogP contribution >= 0.6 is 34.0 Å². The Labute approximate surface area is 129 Å². The van der Waals surface area contributed by atoms with E-state index in [0.717, 1.165) is 11.4 Å². The van der Waals surface area contributed by atoms with Gasteiger partial charge in [-0.3, -0.25) is 0 Å². The normalized spacial score (nSPS) is 7.38. The maximum Gasteiger partial charge on any atom is 2.00 e. The summed E-state index contributed by atoms with van der Waals surface area (Å²) in [7, 11) is 5.41. The number of nitrogens with zero attached hydrogens (tertiary/aromatic N) is 3. The molecule has 0 amide bonds. The van der Waals surface area contributed by atoms with Gasteiger partial charge >= 0.3 is 25.2 Å². The second-order valence-electron chi connectivity index (χ2n) is 2.85. The van der Waals surface area contributed by atoms with Crippen LogP contribution in [0.15, 0.2) is 18.2 Å². The third kappa shape index (κ3) is 5.24. The van der Waals surface area contributed by atoms with Crippen molar-refractivity contribution in [2.24, 2.45) is 0 Å². The van der Waals surface area contributed by atoms with Gasteiger partial charge < -0.3 is 9.64 Å². The Morgan fingerprint density at radius 2 is 1.81 bits per heavy atom. The zero-order valence-corrected chi connectivity index (χ0v) is 15.9. The van der Waals surface area contributed by atoms with E-state index in [9.17, 15) is 0 Å². The number of anilines is 1. The number of hydrogen-bond acceptors (Lipinski definition) is 3. The maximum absolute atomic E-state index is 8.57. The summed E-state index contributed by atoms with van der Waals surface area (Å²) in [6, 6.07) is 5.20. The molecule has 0 spiro atoms. The fourth-order valence-corrected chi connectivity index (χ4v) is 1.09. The van der Waals surface area contributed by atoms with Crippen LogP contribution in [0.3, 0.4) is 0 Å². The molecule has 1 aromatic rings. The van der Waals surface area contributed by atoms with E-state index in [4.69, 9.17) is 10.1 Å². The minimum Gasteiger partial charge on any atom is -0.495 e. The van der Waals surface area contributed by atoms with Gasteiger partial charge in [0.1, 0.15) is 5.75 Å². The molecular formula is C9H14Br2N3OZn+3. The average molecular weight is 405 g/mol. The zero-order chi connectivity index (χ0) is 9.84. The average Bonchev–Trinajstić information content (AvgIpc) is 2.16. The summed E-state index contributed by atoms with van der Waals surface area (Å²) in [5, 5.41) is 8.57. The van der Waals surface area contributed by atoms with Crippen LogP contribution in [0.25, 0.3) is 4.98 Å². The standard InChI is InChI=1S/C9H12N3O.2BrH.Zn/c1-12(2)8-6-7(11-10)4-5-9(8)13-3;;;/h4-6H,1-3H3;2*1H;/q+1;;;+2. The first kappa shape index (κ1) is 21.1. The van der Waals surface area contributed by atoms with E-state index in [1.807, 2.05) is 19.0 Å². The van der Waals surface area contributed by atoms with Crippen molar-refractivity contribution in [1.29, 1.82) is 5.39 Å². The Morgan fingerprint density at radius 1 is 1.25 bits per heavy atom. The molecule has 84 valence electrons. The second-order valence-corrected chi connectivity index (χ2v) is 2.85. The predicted octanol–water partition coefficient (Wildman–Crippen LogP) is 3.40. The van der Waals surface area contributed by atoms with Gasteiger partial charge in [0.15, 0.2) is 4.98 Å². The van der Waals surface area contributed by atoms with Gasteiger partial charge in [-0.25, -0.2) is 0 Å².